The van der Waals surface area contributed by atoms with Crippen molar-refractivity contribution in [3.63, 3.8) is 0 Å². The lowest BCUT2D eigenvalue weighted by Gasteiger charge is -2.28. The van der Waals surface area contributed by atoms with Crippen LogP contribution in [0.3, 0.4) is 0 Å². The first-order valence-electron chi connectivity index (χ1n) is 11.4. The second-order valence-electron chi connectivity index (χ2n) is 8.57. The fourth-order valence-corrected chi connectivity index (χ4v) is 4.48. The standard InChI is InChI=1S/C27H27N3O3/c31-22-8-4-7-21(18-22)26-24-10-9-20(16-23(32)15-19-5-2-1-3-6-19)17-25(24)28-27(29-26)30-11-13-33-14-12-30/h1-8,17-18,31H,9-16H2. The molecule has 1 aliphatic carbocycles. The van der Waals surface area contributed by atoms with E-state index in [1.807, 2.05) is 42.5 Å². The number of aromatic nitrogens is 2. The summed E-state index contributed by atoms with van der Waals surface area (Å²) < 4.78 is 5.49. The van der Waals surface area contributed by atoms with Gasteiger partial charge in [0.2, 0.25) is 5.95 Å². The largest absolute Gasteiger partial charge is 0.508 e. The lowest BCUT2D eigenvalue weighted by molar-refractivity contribution is -0.117. The Labute approximate surface area is 193 Å². The third kappa shape index (κ3) is 4.96. The molecule has 0 amide bonds. The topological polar surface area (TPSA) is 75.6 Å². The second-order valence-corrected chi connectivity index (χ2v) is 8.57. The van der Waals surface area contributed by atoms with Crippen molar-refractivity contribution in [2.75, 3.05) is 31.2 Å². The van der Waals surface area contributed by atoms with Crippen molar-refractivity contribution >= 4 is 17.8 Å². The van der Waals surface area contributed by atoms with E-state index < -0.39 is 0 Å². The Morgan fingerprint density at radius 2 is 1.79 bits per heavy atom. The highest BCUT2D eigenvalue weighted by Gasteiger charge is 2.23. The van der Waals surface area contributed by atoms with Gasteiger partial charge in [-0.1, -0.05) is 48.0 Å². The van der Waals surface area contributed by atoms with Crippen LogP contribution in [0.5, 0.6) is 5.75 Å². The Bertz CT molecular complexity index is 1180. The van der Waals surface area contributed by atoms with Crippen molar-refractivity contribution in [2.24, 2.45) is 0 Å². The molecule has 1 aliphatic heterocycles. The molecule has 3 aromatic rings. The Hall–Kier alpha value is -3.51. The van der Waals surface area contributed by atoms with Crippen LogP contribution < -0.4 is 4.90 Å². The van der Waals surface area contributed by atoms with Crippen LogP contribution in [0.4, 0.5) is 5.95 Å². The van der Waals surface area contributed by atoms with Crippen LogP contribution in [0.15, 0.2) is 60.2 Å². The summed E-state index contributed by atoms with van der Waals surface area (Å²) in [5.74, 6) is 1.10. The Kier molecular flexibility index (Phi) is 6.17. The van der Waals surface area contributed by atoms with E-state index in [4.69, 9.17) is 14.7 Å². The van der Waals surface area contributed by atoms with Crippen LogP contribution in [0.1, 0.15) is 29.7 Å². The number of anilines is 1. The molecule has 1 N–H and O–H groups in total. The second kappa shape index (κ2) is 9.55. The number of Topliss-reactive ketones (excluding diaryl/α,β-unsaturated/α-hetero) is 1. The number of ether oxygens (including phenoxy) is 1. The van der Waals surface area contributed by atoms with Crippen molar-refractivity contribution in [1.29, 1.82) is 0 Å². The number of hydrogen-bond donors (Lipinski definition) is 1. The molecule has 0 spiro atoms. The molecular weight excluding hydrogens is 414 g/mol. The van der Waals surface area contributed by atoms with Crippen molar-refractivity contribution in [2.45, 2.75) is 25.7 Å². The molecule has 2 aromatic carbocycles. The third-order valence-corrected chi connectivity index (χ3v) is 6.15. The van der Waals surface area contributed by atoms with E-state index in [0.717, 1.165) is 59.6 Å². The van der Waals surface area contributed by atoms with Crippen LogP contribution in [0.2, 0.25) is 0 Å². The molecule has 5 rings (SSSR count). The predicted molar refractivity (Wildman–Crippen MR) is 128 cm³/mol. The molecule has 0 saturated carbocycles. The van der Waals surface area contributed by atoms with Crippen molar-refractivity contribution < 1.29 is 14.6 Å². The molecule has 2 heterocycles. The quantitative estimate of drug-likeness (QED) is 0.617. The number of morpholine rings is 1. The van der Waals surface area contributed by atoms with Crippen LogP contribution in [0.25, 0.3) is 17.3 Å². The lowest BCUT2D eigenvalue weighted by atomic mass is 9.89. The smallest absolute Gasteiger partial charge is 0.226 e. The van der Waals surface area contributed by atoms with Gasteiger partial charge in [-0.15, -0.1) is 0 Å². The van der Waals surface area contributed by atoms with Crippen molar-refractivity contribution in [1.82, 2.24) is 9.97 Å². The van der Waals surface area contributed by atoms with Gasteiger partial charge >= 0.3 is 0 Å². The van der Waals surface area contributed by atoms with E-state index in [-0.39, 0.29) is 11.5 Å². The summed E-state index contributed by atoms with van der Waals surface area (Å²) in [6.45, 7) is 2.78. The molecule has 2 aliphatic rings. The SMILES string of the molecule is O=C(CC1=Cc2nc(N3CCOCC3)nc(-c3cccc(O)c3)c2CC1)Cc1ccccc1. The predicted octanol–water partition coefficient (Wildman–Crippen LogP) is 4.22. The fraction of sp³-hybridized carbons (Fsp3) is 0.296. The van der Waals surface area contributed by atoms with Crippen LogP contribution in [-0.2, 0) is 22.4 Å². The van der Waals surface area contributed by atoms with E-state index in [2.05, 4.69) is 11.0 Å². The summed E-state index contributed by atoms with van der Waals surface area (Å²) in [6.07, 6.45) is 4.53. The first kappa shape index (κ1) is 21.3. The highest BCUT2D eigenvalue weighted by atomic mass is 16.5. The summed E-state index contributed by atoms with van der Waals surface area (Å²) in [4.78, 5) is 24.7. The summed E-state index contributed by atoms with van der Waals surface area (Å²) in [6, 6.07) is 17.1. The Morgan fingerprint density at radius 3 is 2.58 bits per heavy atom. The van der Waals surface area contributed by atoms with Crippen molar-refractivity contribution in [3.8, 4) is 17.0 Å². The number of rotatable bonds is 6. The van der Waals surface area contributed by atoms with Gasteiger partial charge in [0.15, 0.2) is 0 Å². The van der Waals surface area contributed by atoms with Crippen molar-refractivity contribution in [3.05, 3.63) is 77.0 Å². The van der Waals surface area contributed by atoms with Gasteiger partial charge in [0.25, 0.3) is 0 Å². The number of allylic oxidation sites excluding steroid dienone is 1. The molecule has 1 saturated heterocycles. The molecule has 6 heteroatoms. The number of aromatic hydroxyl groups is 1. The molecule has 1 fully saturated rings. The number of fused-ring (bicyclic) bond motifs is 1. The molecule has 0 unspecified atom stereocenters. The third-order valence-electron chi connectivity index (χ3n) is 6.15. The molecule has 0 atom stereocenters. The summed E-state index contributed by atoms with van der Waals surface area (Å²) in [5, 5.41) is 10.0. The van der Waals surface area contributed by atoms with E-state index >= 15 is 0 Å². The number of ketones is 1. The van der Waals surface area contributed by atoms with E-state index in [1.54, 1.807) is 12.1 Å². The van der Waals surface area contributed by atoms with Crippen LogP contribution in [-0.4, -0.2) is 47.2 Å². The highest BCUT2D eigenvalue weighted by molar-refractivity contribution is 5.85. The lowest BCUT2D eigenvalue weighted by Crippen LogP contribution is -2.37. The van der Waals surface area contributed by atoms with Gasteiger partial charge in [0, 0.05) is 37.1 Å². The summed E-state index contributed by atoms with van der Waals surface area (Å²) in [5.41, 5.74) is 5.82. The van der Waals surface area contributed by atoms with Gasteiger partial charge in [-0.3, -0.25) is 4.79 Å². The van der Waals surface area contributed by atoms with Gasteiger partial charge in [-0.25, -0.2) is 9.97 Å². The summed E-state index contributed by atoms with van der Waals surface area (Å²) in [7, 11) is 0. The molecule has 0 bridgehead atoms. The number of hydrogen-bond acceptors (Lipinski definition) is 6. The normalized spacial score (nSPS) is 15.6. The molecule has 6 nitrogen and oxygen atoms in total. The maximum Gasteiger partial charge on any atom is 0.226 e. The maximum atomic E-state index is 12.7. The number of carbonyl (C=O) groups excluding carboxylic acids is 1. The van der Waals surface area contributed by atoms with Gasteiger partial charge in [-0.2, -0.15) is 0 Å². The van der Waals surface area contributed by atoms with Gasteiger partial charge in [0.05, 0.1) is 24.6 Å². The molecule has 1 aromatic heterocycles. The number of phenols is 1. The first-order chi connectivity index (χ1) is 16.2. The molecule has 168 valence electrons. The van der Waals surface area contributed by atoms with E-state index in [0.29, 0.717) is 32.0 Å². The fourth-order valence-electron chi connectivity index (χ4n) is 4.48. The number of benzene rings is 2. The number of nitrogens with zero attached hydrogens (tertiary/aromatic N) is 3. The average molecular weight is 442 g/mol. The highest BCUT2D eigenvalue weighted by Crippen LogP contribution is 2.34. The van der Waals surface area contributed by atoms with Crippen LogP contribution in [0, 0.1) is 0 Å². The first-order valence-corrected chi connectivity index (χ1v) is 11.4. The van der Waals surface area contributed by atoms with Gasteiger partial charge in [-0.05, 0) is 36.6 Å². The molecule has 33 heavy (non-hydrogen) atoms. The zero-order valence-electron chi connectivity index (χ0n) is 18.5. The number of carbonyl (C=O) groups is 1. The summed E-state index contributed by atoms with van der Waals surface area (Å²) >= 11 is 0. The zero-order chi connectivity index (χ0) is 22.6. The molecular formula is C27H27N3O3. The van der Waals surface area contributed by atoms with E-state index in [1.165, 1.54) is 0 Å². The number of phenolic OH excluding ortho intramolecular Hbond substituents is 1. The average Bonchev–Trinajstić information content (AvgIpc) is 2.84. The van der Waals surface area contributed by atoms with Gasteiger partial charge in [0.1, 0.15) is 11.5 Å². The van der Waals surface area contributed by atoms with Gasteiger partial charge < -0.3 is 14.7 Å². The van der Waals surface area contributed by atoms with Crippen LogP contribution >= 0.6 is 0 Å². The van der Waals surface area contributed by atoms with E-state index in [9.17, 15) is 9.90 Å². The molecule has 0 radical (unpaired) electrons. The Balaban J connectivity index is 1.47. The Morgan fingerprint density at radius 1 is 0.970 bits per heavy atom. The minimum Gasteiger partial charge on any atom is -0.508 e. The minimum atomic E-state index is 0.214. The minimum absolute atomic E-state index is 0.214. The monoisotopic (exact) mass is 441 g/mol. The zero-order valence-corrected chi connectivity index (χ0v) is 18.5. The maximum absolute atomic E-state index is 12.7.